The number of β-amino-alcohol motifs (C(OH)–C–C–N with tert-alkyl or cyclic N) is 1. The van der Waals surface area contributed by atoms with Crippen molar-refractivity contribution in [2.75, 3.05) is 13.1 Å². The van der Waals surface area contributed by atoms with E-state index in [4.69, 9.17) is 0 Å². The number of hydrogen-bond acceptors (Lipinski definition) is 4. The van der Waals surface area contributed by atoms with Crippen LogP contribution in [-0.2, 0) is 11.2 Å². The van der Waals surface area contributed by atoms with Crippen molar-refractivity contribution in [3.05, 3.63) is 40.2 Å². The predicted molar refractivity (Wildman–Crippen MR) is 92.4 cm³/mol. The Morgan fingerprint density at radius 1 is 1.39 bits per heavy atom. The molecule has 3 rings (SSSR count). The average molecular weight is 330 g/mol. The van der Waals surface area contributed by atoms with E-state index in [-0.39, 0.29) is 11.8 Å². The van der Waals surface area contributed by atoms with Crippen LogP contribution >= 0.6 is 11.3 Å². The molecule has 5 heteroatoms. The molecule has 2 atom stereocenters. The Morgan fingerprint density at radius 2 is 2.13 bits per heavy atom. The summed E-state index contributed by atoms with van der Waals surface area (Å²) in [5.74, 6) is 0.369. The summed E-state index contributed by atoms with van der Waals surface area (Å²) in [5, 5.41) is 13.0. The number of carbonyl (C=O) groups excluding carboxylic acids is 1. The van der Waals surface area contributed by atoms with Gasteiger partial charge in [-0.3, -0.25) is 4.79 Å². The van der Waals surface area contributed by atoms with E-state index < -0.39 is 6.10 Å². The SMILES string of the molecule is Cc1nc(-c2ccc(CC(=O)N3CCC(C)C(O)C3)cc2)cs1. The molecule has 2 unspecified atom stereocenters. The standard InChI is InChI=1S/C18H22N2O2S/c1-12-7-8-20(10-17(12)21)18(22)9-14-3-5-15(6-4-14)16-11-23-13(2)19-16/h3-6,11-12,17,21H,7-10H2,1-2H3. The van der Waals surface area contributed by atoms with Crippen molar-refractivity contribution < 1.29 is 9.90 Å². The molecular weight excluding hydrogens is 308 g/mol. The van der Waals surface area contributed by atoms with Gasteiger partial charge in [-0.1, -0.05) is 31.2 Å². The summed E-state index contributed by atoms with van der Waals surface area (Å²) in [6.45, 7) is 5.23. The Labute approximate surface area is 140 Å². The van der Waals surface area contributed by atoms with Crippen LogP contribution in [0.1, 0.15) is 23.9 Å². The van der Waals surface area contributed by atoms with Gasteiger partial charge in [0.15, 0.2) is 0 Å². The Morgan fingerprint density at radius 3 is 2.74 bits per heavy atom. The number of aromatic nitrogens is 1. The molecule has 0 aliphatic carbocycles. The van der Waals surface area contributed by atoms with Gasteiger partial charge in [0.2, 0.25) is 5.91 Å². The third-order valence-corrected chi connectivity index (χ3v) is 5.27. The molecule has 2 aromatic rings. The molecule has 4 nitrogen and oxygen atoms in total. The largest absolute Gasteiger partial charge is 0.391 e. The molecule has 0 bridgehead atoms. The molecule has 0 spiro atoms. The number of aliphatic hydroxyl groups excluding tert-OH is 1. The number of carbonyl (C=O) groups is 1. The average Bonchev–Trinajstić information content (AvgIpc) is 2.97. The predicted octanol–water partition coefficient (Wildman–Crippen LogP) is 2.89. The highest BCUT2D eigenvalue weighted by Crippen LogP contribution is 2.22. The lowest BCUT2D eigenvalue weighted by Crippen LogP contribution is -2.46. The van der Waals surface area contributed by atoms with E-state index in [2.05, 4.69) is 4.98 Å². The molecule has 1 aliphatic heterocycles. The number of hydrogen-bond donors (Lipinski definition) is 1. The fraction of sp³-hybridized carbons (Fsp3) is 0.444. The summed E-state index contributed by atoms with van der Waals surface area (Å²) in [4.78, 5) is 18.6. The van der Waals surface area contributed by atoms with Gasteiger partial charge in [-0.2, -0.15) is 0 Å². The molecule has 1 aromatic carbocycles. The molecule has 122 valence electrons. The van der Waals surface area contributed by atoms with Crippen LogP contribution in [0.3, 0.4) is 0 Å². The third-order valence-electron chi connectivity index (χ3n) is 4.50. The monoisotopic (exact) mass is 330 g/mol. The minimum absolute atomic E-state index is 0.0909. The van der Waals surface area contributed by atoms with Gasteiger partial charge in [0.25, 0.3) is 0 Å². The van der Waals surface area contributed by atoms with Gasteiger partial charge in [-0.05, 0) is 24.8 Å². The second-order valence-corrected chi connectivity index (χ2v) is 7.36. The number of likely N-dealkylation sites (tertiary alicyclic amines) is 1. The Balaban J connectivity index is 1.63. The highest BCUT2D eigenvalue weighted by Gasteiger charge is 2.27. The molecule has 1 aromatic heterocycles. The number of rotatable bonds is 3. The highest BCUT2D eigenvalue weighted by atomic mass is 32.1. The Hall–Kier alpha value is -1.72. The van der Waals surface area contributed by atoms with E-state index in [9.17, 15) is 9.90 Å². The summed E-state index contributed by atoms with van der Waals surface area (Å²) in [6, 6.07) is 8.02. The van der Waals surface area contributed by atoms with Gasteiger partial charge in [0.1, 0.15) is 0 Å². The lowest BCUT2D eigenvalue weighted by molar-refractivity contribution is -0.134. The highest BCUT2D eigenvalue weighted by molar-refractivity contribution is 7.09. The van der Waals surface area contributed by atoms with Crippen LogP contribution in [0.2, 0.25) is 0 Å². The molecular formula is C18H22N2O2S. The van der Waals surface area contributed by atoms with E-state index in [1.807, 2.05) is 43.5 Å². The zero-order valence-corrected chi connectivity index (χ0v) is 14.3. The maximum atomic E-state index is 12.4. The fourth-order valence-corrected chi connectivity index (χ4v) is 3.47. The normalized spacial score (nSPS) is 21.4. The van der Waals surface area contributed by atoms with E-state index in [0.717, 1.165) is 34.8 Å². The zero-order valence-electron chi connectivity index (χ0n) is 13.5. The summed E-state index contributed by atoms with van der Waals surface area (Å²) < 4.78 is 0. The van der Waals surface area contributed by atoms with Crippen LogP contribution < -0.4 is 0 Å². The second kappa shape index (κ2) is 6.81. The molecule has 1 amide bonds. The van der Waals surface area contributed by atoms with Crippen molar-refractivity contribution in [1.29, 1.82) is 0 Å². The van der Waals surface area contributed by atoms with Crippen LogP contribution in [-0.4, -0.2) is 40.1 Å². The molecule has 2 heterocycles. The van der Waals surface area contributed by atoms with Crippen LogP contribution in [0.25, 0.3) is 11.3 Å². The van der Waals surface area contributed by atoms with Crippen molar-refractivity contribution in [2.24, 2.45) is 5.92 Å². The lowest BCUT2D eigenvalue weighted by atomic mass is 9.95. The van der Waals surface area contributed by atoms with Gasteiger partial charge in [-0.15, -0.1) is 11.3 Å². The number of thiazole rings is 1. The van der Waals surface area contributed by atoms with Gasteiger partial charge in [-0.25, -0.2) is 4.98 Å². The van der Waals surface area contributed by atoms with Crippen LogP contribution in [0, 0.1) is 12.8 Å². The van der Waals surface area contributed by atoms with Crippen LogP contribution in [0.5, 0.6) is 0 Å². The van der Waals surface area contributed by atoms with Crippen molar-refractivity contribution in [3.8, 4) is 11.3 Å². The van der Waals surface area contributed by atoms with E-state index in [1.165, 1.54) is 0 Å². The molecule has 1 N–H and O–H groups in total. The Kier molecular flexibility index (Phi) is 4.78. The molecule has 1 aliphatic rings. The third kappa shape index (κ3) is 3.79. The molecule has 1 saturated heterocycles. The maximum absolute atomic E-state index is 12.4. The van der Waals surface area contributed by atoms with E-state index in [1.54, 1.807) is 16.2 Å². The number of benzene rings is 1. The first-order chi connectivity index (χ1) is 11.0. The summed E-state index contributed by atoms with van der Waals surface area (Å²) in [5.41, 5.74) is 3.06. The summed E-state index contributed by atoms with van der Waals surface area (Å²) >= 11 is 1.64. The first-order valence-electron chi connectivity index (χ1n) is 8.00. The van der Waals surface area contributed by atoms with Gasteiger partial charge in [0, 0.05) is 24.0 Å². The van der Waals surface area contributed by atoms with Crippen molar-refractivity contribution in [2.45, 2.75) is 32.8 Å². The number of aliphatic hydroxyl groups is 1. The zero-order chi connectivity index (χ0) is 16.4. The second-order valence-electron chi connectivity index (χ2n) is 6.30. The maximum Gasteiger partial charge on any atom is 0.227 e. The fourth-order valence-electron chi connectivity index (χ4n) is 2.85. The van der Waals surface area contributed by atoms with Gasteiger partial charge in [0.05, 0.1) is 23.2 Å². The molecule has 0 radical (unpaired) electrons. The number of nitrogens with zero attached hydrogens (tertiary/aromatic N) is 2. The number of piperidine rings is 1. The summed E-state index contributed by atoms with van der Waals surface area (Å²) in [6.07, 6.45) is 0.856. The van der Waals surface area contributed by atoms with Gasteiger partial charge >= 0.3 is 0 Å². The quantitative estimate of drug-likeness (QED) is 0.941. The molecule has 23 heavy (non-hydrogen) atoms. The first-order valence-corrected chi connectivity index (χ1v) is 8.88. The van der Waals surface area contributed by atoms with Crippen molar-refractivity contribution in [3.63, 3.8) is 0 Å². The first kappa shape index (κ1) is 16.1. The smallest absolute Gasteiger partial charge is 0.227 e. The van der Waals surface area contributed by atoms with Crippen molar-refractivity contribution in [1.82, 2.24) is 9.88 Å². The number of aryl methyl sites for hydroxylation is 1. The molecule has 0 saturated carbocycles. The minimum atomic E-state index is -0.400. The molecule has 1 fully saturated rings. The minimum Gasteiger partial charge on any atom is -0.391 e. The topological polar surface area (TPSA) is 53.4 Å². The van der Waals surface area contributed by atoms with E-state index in [0.29, 0.717) is 13.0 Å². The number of amides is 1. The Bertz CT molecular complexity index is 681. The van der Waals surface area contributed by atoms with E-state index >= 15 is 0 Å². The van der Waals surface area contributed by atoms with Gasteiger partial charge < -0.3 is 10.0 Å². The lowest BCUT2D eigenvalue weighted by Gasteiger charge is -2.34. The van der Waals surface area contributed by atoms with Crippen LogP contribution in [0.15, 0.2) is 29.6 Å². The summed E-state index contributed by atoms with van der Waals surface area (Å²) in [7, 11) is 0. The van der Waals surface area contributed by atoms with Crippen molar-refractivity contribution >= 4 is 17.2 Å². The van der Waals surface area contributed by atoms with Crippen LogP contribution in [0.4, 0.5) is 0 Å².